The average Bonchev–Trinajstić information content (AvgIpc) is 3.47. The van der Waals surface area contributed by atoms with Crippen molar-refractivity contribution in [2.45, 2.75) is 263 Å². The van der Waals surface area contributed by atoms with E-state index in [9.17, 15) is 34.5 Å². The Hall–Kier alpha value is -4.88. The fourth-order valence-corrected chi connectivity index (χ4v) is 8.45. The van der Waals surface area contributed by atoms with Crippen molar-refractivity contribution in [3.63, 3.8) is 0 Å². The van der Waals surface area contributed by atoms with Gasteiger partial charge in [-0.15, -0.1) is 0 Å². The second-order valence-electron chi connectivity index (χ2n) is 20.2. The van der Waals surface area contributed by atoms with Crippen LogP contribution in [0.2, 0.25) is 0 Å². The minimum Gasteiger partial charge on any atom is -0.479 e. The summed E-state index contributed by atoms with van der Waals surface area (Å²) in [6.45, 7) is 5.61. The molecule has 1 rings (SSSR count). The molecule has 1 fully saturated rings. The molecule has 0 aromatic heterocycles. The highest BCUT2D eigenvalue weighted by Crippen LogP contribution is 2.26. The number of hydrogen-bond acceptors (Lipinski definition) is 11. The molecule has 3 N–H and O–H groups in total. The molecular weight excluding hydrogens is 997 g/mol. The van der Waals surface area contributed by atoms with Gasteiger partial charge in [-0.1, -0.05) is 206 Å². The number of carboxylic acids is 1. The summed E-state index contributed by atoms with van der Waals surface area (Å²) in [7, 11) is 0. The monoisotopic (exact) mass is 1100 g/mol. The topological polar surface area (TPSA) is 175 Å². The van der Waals surface area contributed by atoms with Crippen LogP contribution in [0.4, 0.5) is 0 Å². The van der Waals surface area contributed by atoms with Gasteiger partial charge in [0, 0.05) is 19.3 Å². The fourth-order valence-electron chi connectivity index (χ4n) is 8.45. The summed E-state index contributed by atoms with van der Waals surface area (Å²) in [5.41, 5.74) is 0. The Morgan fingerprint density at radius 3 is 1.16 bits per heavy atom. The lowest BCUT2D eigenvalue weighted by molar-refractivity contribution is -0.301. The average molecular weight is 1100 g/mol. The lowest BCUT2D eigenvalue weighted by Crippen LogP contribution is -2.61. The first-order valence-corrected chi connectivity index (χ1v) is 30.5. The van der Waals surface area contributed by atoms with Gasteiger partial charge in [0.25, 0.3) is 0 Å². The summed E-state index contributed by atoms with van der Waals surface area (Å²) in [5, 5.41) is 31.5. The van der Waals surface area contributed by atoms with E-state index in [0.29, 0.717) is 19.3 Å². The van der Waals surface area contributed by atoms with E-state index < -0.39 is 67.3 Å². The SMILES string of the molecule is CC/C=C\C/C=C\C/C=C\C/C=C\CCCCCCCCC(=O)OCC(COC1OC(C(=O)O)C(O)C(O)C1OC(=O)CCCCCCCCC/C=C\C/C=C\C/C=C\CC)OC(=O)CCCCC/C=C\C/C=C\C/C=C\CC. The molecule has 0 radical (unpaired) electrons. The number of rotatable bonds is 50. The number of carbonyl (C=O) groups is 4. The molecule has 1 aliphatic rings. The number of aliphatic carboxylic acids is 1. The number of hydrogen-bond donors (Lipinski definition) is 3. The quantitative estimate of drug-likeness (QED) is 0.0228. The van der Waals surface area contributed by atoms with Crippen molar-refractivity contribution in [1.82, 2.24) is 0 Å². The standard InChI is InChI=1S/C67H106O12/c1-4-7-10-13-16-19-22-25-27-29-30-32-33-36-38-41-44-47-50-53-59(68)75-56-58(77-60(69)54-51-48-45-42-39-35-24-21-18-15-12-9-6-3)57-76-67-65(63(72)62(71)64(79-67)66(73)74)78-61(70)55-52-49-46-43-40-37-34-31-28-26-23-20-17-14-11-8-5-2/h7-12,16-21,25-28,30,32,35,39,58,62-65,67,71-72H,4-6,13-15,22-24,29,31,33-34,36-38,40-57H2,1-3H3,(H,73,74)/b10-7-,11-8-,12-9-,19-16-,20-17-,21-18-,27-25-,28-26-,32-30-,39-35-. The fraction of sp³-hybridized carbons (Fsp3) is 0.642. The van der Waals surface area contributed by atoms with Crippen LogP contribution in [0.5, 0.6) is 0 Å². The van der Waals surface area contributed by atoms with Crippen molar-refractivity contribution in [2.75, 3.05) is 13.2 Å². The zero-order chi connectivity index (χ0) is 57.5. The summed E-state index contributed by atoms with van der Waals surface area (Å²) in [5.74, 6) is -3.20. The minimum atomic E-state index is -1.92. The van der Waals surface area contributed by atoms with Gasteiger partial charge < -0.3 is 39.0 Å². The molecule has 0 aliphatic carbocycles. The van der Waals surface area contributed by atoms with Crippen LogP contribution >= 0.6 is 0 Å². The van der Waals surface area contributed by atoms with Crippen molar-refractivity contribution >= 4 is 23.9 Å². The van der Waals surface area contributed by atoms with Crippen LogP contribution in [-0.4, -0.2) is 89.2 Å². The number of aliphatic hydroxyl groups is 2. The molecule has 0 aromatic rings. The number of carbonyl (C=O) groups excluding carboxylic acids is 3. The third-order valence-corrected chi connectivity index (χ3v) is 13.0. The maximum absolute atomic E-state index is 13.1. The summed E-state index contributed by atoms with van der Waals surface area (Å²) >= 11 is 0. The van der Waals surface area contributed by atoms with E-state index in [2.05, 4.69) is 142 Å². The van der Waals surface area contributed by atoms with Crippen LogP contribution < -0.4 is 0 Å². The number of unbranched alkanes of at least 4 members (excludes halogenated alkanes) is 16. The predicted molar refractivity (Wildman–Crippen MR) is 321 cm³/mol. The van der Waals surface area contributed by atoms with Crippen molar-refractivity contribution in [3.8, 4) is 0 Å². The molecule has 1 heterocycles. The van der Waals surface area contributed by atoms with Crippen molar-refractivity contribution in [1.29, 1.82) is 0 Å². The first-order chi connectivity index (χ1) is 38.6. The number of carboxylic acid groups (broad SMARTS) is 1. The molecule has 6 unspecified atom stereocenters. The first-order valence-electron chi connectivity index (χ1n) is 30.5. The van der Waals surface area contributed by atoms with Gasteiger partial charge in [-0.05, 0) is 122 Å². The smallest absolute Gasteiger partial charge is 0.335 e. The minimum absolute atomic E-state index is 0.0379. The number of ether oxygens (including phenoxy) is 5. The second-order valence-corrected chi connectivity index (χ2v) is 20.2. The highest BCUT2D eigenvalue weighted by Gasteiger charge is 2.50. The third kappa shape index (κ3) is 43.6. The van der Waals surface area contributed by atoms with Crippen LogP contribution in [0.15, 0.2) is 122 Å². The largest absolute Gasteiger partial charge is 0.479 e. The Morgan fingerprint density at radius 2 is 0.759 bits per heavy atom. The van der Waals surface area contributed by atoms with Gasteiger partial charge in [0.1, 0.15) is 18.8 Å². The molecule has 0 amide bonds. The molecule has 6 atom stereocenters. The summed E-state index contributed by atoms with van der Waals surface area (Å²) in [6, 6.07) is 0. The Kier molecular flexibility index (Phi) is 49.1. The van der Waals surface area contributed by atoms with E-state index in [1.165, 1.54) is 0 Å². The van der Waals surface area contributed by atoms with E-state index in [0.717, 1.165) is 167 Å². The van der Waals surface area contributed by atoms with E-state index in [1.807, 2.05) is 0 Å². The van der Waals surface area contributed by atoms with E-state index in [1.54, 1.807) is 0 Å². The molecule has 0 aromatic carbocycles. The maximum Gasteiger partial charge on any atom is 0.335 e. The molecule has 12 heteroatoms. The number of esters is 3. The molecule has 0 bridgehead atoms. The van der Waals surface area contributed by atoms with Crippen LogP contribution in [0.3, 0.4) is 0 Å². The highest BCUT2D eigenvalue weighted by atomic mass is 16.7. The zero-order valence-electron chi connectivity index (χ0n) is 49.1. The van der Waals surface area contributed by atoms with Gasteiger partial charge in [0.05, 0.1) is 6.61 Å². The molecule has 12 nitrogen and oxygen atoms in total. The van der Waals surface area contributed by atoms with Gasteiger partial charge >= 0.3 is 23.9 Å². The van der Waals surface area contributed by atoms with Gasteiger partial charge in [-0.25, -0.2) is 4.79 Å². The Bertz CT molecular complexity index is 1840. The predicted octanol–water partition coefficient (Wildman–Crippen LogP) is 16.0. The van der Waals surface area contributed by atoms with Gasteiger partial charge in [0.2, 0.25) is 0 Å². The maximum atomic E-state index is 13.1. The summed E-state index contributed by atoms with van der Waals surface area (Å²) in [6.07, 6.45) is 61.6. The third-order valence-electron chi connectivity index (χ3n) is 13.0. The van der Waals surface area contributed by atoms with Crippen LogP contribution in [0, 0.1) is 0 Å². The normalized spacial score (nSPS) is 18.7. The Balaban J connectivity index is 2.70. The lowest BCUT2D eigenvalue weighted by atomic mass is 9.98. The van der Waals surface area contributed by atoms with E-state index in [-0.39, 0.29) is 25.9 Å². The van der Waals surface area contributed by atoms with Gasteiger partial charge in [0.15, 0.2) is 24.6 Å². The second kappa shape index (κ2) is 53.7. The Labute approximate surface area is 478 Å². The van der Waals surface area contributed by atoms with Crippen LogP contribution in [0.1, 0.15) is 226 Å². The first kappa shape index (κ1) is 72.1. The molecular formula is C67H106O12. The van der Waals surface area contributed by atoms with Gasteiger partial charge in [-0.2, -0.15) is 0 Å². The lowest BCUT2D eigenvalue weighted by Gasteiger charge is -2.40. The summed E-state index contributed by atoms with van der Waals surface area (Å²) < 4.78 is 28.4. The molecule has 0 saturated carbocycles. The molecule has 446 valence electrons. The Morgan fingerprint density at radius 1 is 0.418 bits per heavy atom. The molecule has 1 aliphatic heterocycles. The van der Waals surface area contributed by atoms with E-state index in [4.69, 9.17) is 23.7 Å². The van der Waals surface area contributed by atoms with Crippen molar-refractivity contribution in [2.24, 2.45) is 0 Å². The molecule has 0 spiro atoms. The van der Waals surface area contributed by atoms with Crippen molar-refractivity contribution < 1.29 is 58.2 Å². The molecule has 79 heavy (non-hydrogen) atoms. The highest BCUT2D eigenvalue weighted by molar-refractivity contribution is 5.74. The number of aliphatic hydroxyl groups excluding tert-OH is 2. The van der Waals surface area contributed by atoms with E-state index >= 15 is 0 Å². The zero-order valence-corrected chi connectivity index (χ0v) is 49.1. The van der Waals surface area contributed by atoms with Crippen LogP contribution in [0.25, 0.3) is 0 Å². The van der Waals surface area contributed by atoms with Crippen LogP contribution in [-0.2, 0) is 42.9 Å². The number of allylic oxidation sites excluding steroid dienone is 20. The molecule has 1 saturated heterocycles. The van der Waals surface area contributed by atoms with Gasteiger partial charge in [-0.3, -0.25) is 14.4 Å². The van der Waals surface area contributed by atoms with Crippen molar-refractivity contribution in [3.05, 3.63) is 122 Å². The summed E-state index contributed by atoms with van der Waals surface area (Å²) in [4.78, 5) is 51.2.